The van der Waals surface area contributed by atoms with Crippen LogP contribution in [-0.4, -0.2) is 44.6 Å². The lowest BCUT2D eigenvalue weighted by Crippen LogP contribution is -2.24. The second-order valence-corrected chi connectivity index (χ2v) is 7.75. The second-order valence-electron chi connectivity index (χ2n) is 6.89. The van der Waals surface area contributed by atoms with Crippen molar-refractivity contribution in [3.05, 3.63) is 29.9 Å². The molecular weight excluding hydrogens is 358 g/mol. The summed E-state index contributed by atoms with van der Waals surface area (Å²) in [6.07, 6.45) is 7.63. The molecular formula is C19H25N7S. The molecule has 3 aromatic rings. The molecule has 1 fully saturated rings. The van der Waals surface area contributed by atoms with Gasteiger partial charge in [0.15, 0.2) is 0 Å². The third kappa shape index (κ3) is 4.51. The third-order valence-electron chi connectivity index (χ3n) is 4.76. The van der Waals surface area contributed by atoms with E-state index in [1.165, 1.54) is 19.3 Å². The van der Waals surface area contributed by atoms with Gasteiger partial charge in [-0.1, -0.05) is 11.6 Å². The Kier molecular flexibility index (Phi) is 5.74. The molecule has 4 heterocycles. The first-order chi connectivity index (χ1) is 13.3. The number of hydrogen-bond donors (Lipinski definition) is 2. The van der Waals surface area contributed by atoms with Crippen molar-refractivity contribution in [1.82, 2.24) is 30.3 Å². The Morgan fingerprint density at radius 3 is 3.22 bits per heavy atom. The van der Waals surface area contributed by atoms with Crippen LogP contribution in [0.2, 0.25) is 0 Å². The van der Waals surface area contributed by atoms with Gasteiger partial charge in [-0.2, -0.15) is 0 Å². The number of nitrogens with zero attached hydrogens (tertiary/aromatic N) is 5. The van der Waals surface area contributed by atoms with E-state index in [4.69, 9.17) is 4.98 Å². The van der Waals surface area contributed by atoms with Crippen LogP contribution in [0.25, 0.3) is 22.0 Å². The van der Waals surface area contributed by atoms with Gasteiger partial charge in [0, 0.05) is 30.2 Å². The fourth-order valence-corrected chi connectivity index (χ4v) is 4.19. The van der Waals surface area contributed by atoms with Crippen molar-refractivity contribution in [2.24, 2.45) is 5.92 Å². The van der Waals surface area contributed by atoms with Crippen LogP contribution in [0.3, 0.4) is 0 Å². The molecule has 0 aliphatic carbocycles. The van der Waals surface area contributed by atoms with Crippen LogP contribution in [0.1, 0.15) is 26.2 Å². The Bertz CT molecular complexity index is 864. The number of nitrogens with one attached hydrogen (secondary N) is 2. The molecule has 0 amide bonds. The van der Waals surface area contributed by atoms with Crippen LogP contribution in [0.15, 0.2) is 29.9 Å². The molecule has 27 heavy (non-hydrogen) atoms. The summed E-state index contributed by atoms with van der Waals surface area (Å²) in [6, 6.07) is 4.02. The second kappa shape index (κ2) is 8.58. The summed E-state index contributed by atoms with van der Waals surface area (Å²) >= 11 is 1.62. The number of pyridine rings is 1. The number of rotatable bonds is 6. The molecule has 8 heteroatoms. The minimum absolute atomic E-state index is 0.620. The average Bonchev–Trinajstić information content (AvgIpc) is 3.27. The molecule has 1 atom stereocenters. The van der Waals surface area contributed by atoms with Gasteiger partial charge in [0.05, 0.1) is 6.20 Å². The lowest BCUT2D eigenvalue weighted by atomic mass is 10.0. The molecule has 1 unspecified atom stereocenters. The Morgan fingerprint density at radius 2 is 2.30 bits per heavy atom. The molecule has 0 aromatic carbocycles. The lowest BCUT2D eigenvalue weighted by Gasteiger charge is -2.13. The monoisotopic (exact) mass is 383 g/mol. The summed E-state index contributed by atoms with van der Waals surface area (Å²) < 4.78 is 1.96. The van der Waals surface area contributed by atoms with Crippen LogP contribution in [-0.2, 0) is 6.54 Å². The smallest absolute Gasteiger partial charge is 0.132 e. The van der Waals surface area contributed by atoms with E-state index in [-0.39, 0.29) is 0 Å². The van der Waals surface area contributed by atoms with Crippen molar-refractivity contribution in [1.29, 1.82) is 0 Å². The van der Waals surface area contributed by atoms with Gasteiger partial charge in [-0.3, -0.25) is 4.68 Å². The van der Waals surface area contributed by atoms with E-state index in [0.717, 1.165) is 54.0 Å². The summed E-state index contributed by atoms with van der Waals surface area (Å²) in [5.74, 6) is 1.49. The van der Waals surface area contributed by atoms with Gasteiger partial charge in [0.1, 0.15) is 22.2 Å². The summed E-state index contributed by atoms with van der Waals surface area (Å²) in [6.45, 7) is 6.01. The number of hydrogen-bond acceptors (Lipinski definition) is 7. The highest BCUT2D eigenvalue weighted by Gasteiger charge is 2.15. The highest BCUT2D eigenvalue weighted by molar-refractivity contribution is 7.13. The molecule has 4 rings (SSSR count). The summed E-state index contributed by atoms with van der Waals surface area (Å²) in [4.78, 5) is 9.08. The van der Waals surface area contributed by atoms with E-state index in [9.17, 15) is 0 Å². The summed E-state index contributed by atoms with van der Waals surface area (Å²) in [7, 11) is 0. The molecule has 1 aliphatic heterocycles. The Labute approximate surface area is 163 Å². The van der Waals surface area contributed by atoms with Gasteiger partial charge in [-0.15, -0.1) is 16.4 Å². The van der Waals surface area contributed by atoms with Crippen LogP contribution < -0.4 is 10.6 Å². The Morgan fingerprint density at radius 1 is 1.33 bits per heavy atom. The molecule has 0 radical (unpaired) electrons. The summed E-state index contributed by atoms with van der Waals surface area (Å²) in [5.41, 5.74) is 2.77. The molecule has 7 nitrogen and oxygen atoms in total. The van der Waals surface area contributed by atoms with Gasteiger partial charge in [-0.05, 0) is 50.9 Å². The summed E-state index contributed by atoms with van der Waals surface area (Å²) in [5, 5.41) is 18.4. The first kappa shape index (κ1) is 18.1. The first-order valence-electron chi connectivity index (χ1n) is 9.59. The molecule has 1 saturated heterocycles. The van der Waals surface area contributed by atoms with Crippen molar-refractivity contribution >= 4 is 17.2 Å². The van der Waals surface area contributed by atoms with E-state index in [2.05, 4.69) is 32.9 Å². The highest BCUT2D eigenvalue weighted by Crippen LogP contribution is 2.28. The maximum absolute atomic E-state index is 4.76. The van der Waals surface area contributed by atoms with Crippen LogP contribution in [0.4, 0.5) is 5.82 Å². The van der Waals surface area contributed by atoms with Gasteiger partial charge in [0.25, 0.3) is 0 Å². The van der Waals surface area contributed by atoms with Crippen LogP contribution in [0, 0.1) is 5.92 Å². The predicted molar refractivity (Wildman–Crippen MR) is 109 cm³/mol. The van der Waals surface area contributed by atoms with Crippen molar-refractivity contribution < 1.29 is 0 Å². The van der Waals surface area contributed by atoms with Crippen LogP contribution in [0.5, 0.6) is 0 Å². The molecule has 142 valence electrons. The average molecular weight is 384 g/mol. The van der Waals surface area contributed by atoms with E-state index in [1.807, 2.05) is 34.6 Å². The van der Waals surface area contributed by atoms with Gasteiger partial charge >= 0.3 is 0 Å². The molecule has 0 spiro atoms. The fourth-order valence-electron chi connectivity index (χ4n) is 3.38. The molecule has 2 N–H and O–H groups in total. The third-order valence-corrected chi connectivity index (χ3v) is 5.66. The van der Waals surface area contributed by atoms with E-state index in [0.29, 0.717) is 5.92 Å². The predicted octanol–water partition coefficient (Wildman–Crippen LogP) is 3.29. The van der Waals surface area contributed by atoms with Crippen molar-refractivity contribution in [2.45, 2.75) is 32.7 Å². The van der Waals surface area contributed by atoms with Gasteiger partial charge in [-0.25, -0.2) is 9.97 Å². The number of anilines is 1. The fraction of sp³-hybridized carbons (Fsp3) is 0.474. The minimum Gasteiger partial charge on any atom is -0.370 e. The molecule has 0 bridgehead atoms. The SMILES string of the molecule is CCNc1cc(-c2nc(-c3cn(CC4CCCCNC4)nn3)cs2)ccn1. The topological polar surface area (TPSA) is 80.5 Å². The first-order valence-corrected chi connectivity index (χ1v) is 10.5. The molecule has 3 aromatic heterocycles. The van der Waals surface area contributed by atoms with E-state index >= 15 is 0 Å². The van der Waals surface area contributed by atoms with Crippen molar-refractivity contribution in [3.63, 3.8) is 0 Å². The lowest BCUT2D eigenvalue weighted by molar-refractivity contribution is 0.386. The highest BCUT2D eigenvalue weighted by atomic mass is 32.1. The van der Waals surface area contributed by atoms with E-state index < -0.39 is 0 Å². The van der Waals surface area contributed by atoms with E-state index in [1.54, 1.807) is 11.3 Å². The number of thiazole rings is 1. The van der Waals surface area contributed by atoms with Gasteiger partial charge < -0.3 is 10.6 Å². The van der Waals surface area contributed by atoms with Crippen LogP contribution >= 0.6 is 11.3 Å². The largest absolute Gasteiger partial charge is 0.370 e. The van der Waals surface area contributed by atoms with Gasteiger partial charge in [0.2, 0.25) is 0 Å². The maximum atomic E-state index is 4.76. The zero-order valence-electron chi connectivity index (χ0n) is 15.6. The quantitative estimate of drug-likeness (QED) is 0.680. The standard InChI is InChI=1S/C19H25N7S/c1-2-21-18-9-15(6-8-22-18)19-23-17(13-27-19)16-12-26(25-24-16)11-14-5-3-4-7-20-10-14/h6,8-9,12-14,20H,2-5,7,10-11H2,1H3,(H,21,22). The maximum Gasteiger partial charge on any atom is 0.132 e. The Balaban J connectivity index is 1.47. The van der Waals surface area contributed by atoms with Crippen molar-refractivity contribution in [3.8, 4) is 22.0 Å². The molecule has 1 aliphatic rings. The zero-order chi connectivity index (χ0) is 18.5. The van der Waals surface area contributed by atoms with Crippen molar-refractivity contribution in [2.75, 3.05) is 25.0 Å². The minimum atomic E-state index is 0.620. The normalized spacial score (nSPS) is 17.6. The Hall–Kier alpha value is -2.32. The molecule has 0 saturated carbocycles. The number of aromatic nitrogens is 5. The zero-order valence-corrected chi connectivity index (χ0v) is 16.4.